The van der Waals surface area contributed by atoms with Crippen molar-refractivity contribution in [2.75, 3.05) is 13.2 Å². The summed E-state index contributed by atoms with van der Waals surface area (Å²) >= 11 is 0. The van der Waals surface area contributed by atoms with Gasteiger partial charge in [-0.15, -0.1) is 0 Å². The van der Waals surface area contributed by atoms with Crippen LogP contribution in [-0.2, 0) is 42.9 Å². The van der Waals surface area contributed by atoms with Crippen LogP contribution >= 0.6 is 0 Å². The number of aliphatic hydroxyl groups excluding tert-OH is 2. The maximum atomic E-state index is 13.1. The van der Waals surface area contributed by atoms with E-state index in [0.29, 0.717) is 19.3 Å². The normalized spacial score (nSPS) is 18.5. The molecule has 0 saturated carbocycles. The predicted octanol–water partition coefficient (Wildman–Crippen LogP) is 15.6. The summed E-state index contributed by atoms with van der Waals surface area (Å²) in [7, 11) is 0. The molecule has 0 aromatic carbocycles. The van der Waals surface area contributed by atoms with Gasteiger partial charge in [0, 0.05) is 19.3 Å². The predicted molar refractivity (Wildman–Crippen MR) is 303 cm³/mol. The molecule has 1 aliphatic rings. The van der Waals surface area contributed by atoms with E-state index in [9.17, 15) is 34.5 Å². The number of carbonyl (C=O) groups is 4. The van der Waals surface area contributed by atoms with Crippen molar-refractivity contribution < 1.29 is 58.2 Å². The number of carboxylic acids is 1. The van der Waals surface area contributed by atoms with Crippen LogP contribution in [0.4, 0.5) is 0 Å². The van der Waals surface area contributed by atoms with Gasteiger partial charge in [0.15, 0.2) is 24.6 Å². The minimum atomic E-state index is -1.90. The van der Waals surface area contributed by atoms with Crippen LogP contribution in [0.15, 0.2) is 60.8 Å². The van der Waals surface area contributed by atoms with Gasteiger partial charge < -0.3 is 39.0 Å². The molecular weight excluding hydrogens is 949 g/mol. The summed E-state index contributed by atoms with van der Waals surface area (Å²) in [6, 6.07) is 0. The first-order valence-corrected chi connectivity index (χ1v) is 30.3. The summed E-state index contributed by atoms with van der Waals surface area (Å²) in [5.41, 5.74) is 0. The monoisotopic (exact) mass is 1060 g/mol. The number of allylic oxidation sites excluding steroid dienone is 10. The van der Waals surface area contributed by atoms with E-state index in [-0.39, 0.29) is 25.9 Å². The topological polar surface area (TPSA) is 175 Å². The van der Waals surface area contributed by atoms with Crippen LogP contribution in [0.2, 0.25) is 0 Å². The van der Waals surface area contributed by atoms with E-state index in [4.69, 9.17) is 23.7 Å². The molecule has 1 fully saturated rings. The van der Waals surface area contributed by atoms with E-state index >= 15 is 0 Å². The van der Waals surface area contributed by atoms with Gasteiger partial charge in [-0.3, -0.25) is 14.4 Å². The first-order chi connectivity index (χ1) is 36.6. The lowest BCUT2D eigenvalue weighted by Crippen LogP contribution is -2.61. The Morgan fingerprint density at radius 3 is 1.29 bits per heavy atom. The smallest absolute Gasteiger partial charge is 0.335 e. The fourth-order valence-electron chi connectivity index (χ4n) is 8.94. The minimum absolute atomic E-state index is 0.0581. The van der Waals surface area contributed by atoms with Crippen LogP contribution in [-0.4, -0.2) is 89.2 Å². The second kappa shape index (κ2) is 51.2. The fraction of sp³-hybridized carbons (Fsp3) is 0.778. The zero-order chi connectivity index (χ0) is 54.7. The molecule has 12 nitrogen and oxygen atoms in total. The van der Waals surface area contributed by atoms with Gasteiger partial charge in [0.05, 0.1) is 6.61 Å². The Bertz CT molecular complexity index is 1540. The second-order valence-corrected chi connectivity index (χ2v) is 20.6. The number of rotatable bonds is 51. The van der Waals surface area contributed by atoms with Crippen LogP contribution in [0.3, 0.4) is 0 Å². The number of carboxylic acid groups (broad SMARTS) is 1. The van der Waals surface area contributed by atoms with E-state index < -0.39 is 67.3 Å². The van der Waals surface area contributed by atoms with Gasteiger partial charge in [0.1, 0.15) is 18.8 Å². The minimum Gasteiger partial charge on any atom is -0.479 e. The van der Waals surface area contributed by atoms with Crippen LogP contribution < -0.4 is 0 Å². The van der Waals surface area contributed by atoms with Crippen LogP contribution in [0, 0.1) is 0 Å². The molecule has 0 spiro atoms. The molecule has 1 rings (SSSR count). The van der Waals surface area contributed by atoms with Crippen molar-refractivity contribution in [1.82, 2.24) is 0 Å². The van der Waals surface area contributed by atoms with Gasteiger partial charge in [-0.25, -0.2) is 4.79 Å². The fourth-order valence-corrected chi connectivity index (χ4v) is 8.94. The van der Waals surface area contributed by atoms with Crippen molar-refractivity contribution in [2.24, 2.45) is 0 Å². The molecule has 0 aromatic heterocycles. The highest BCUT2D eigenvalue weighted by Gasteiger charge is 2.50. The third-order valence-corrected chi connectivity index (χ3v) is 13.6. The molecular formula is C63H108O12. The lowest BCUT2D eigenvalue weighted by molar-refractivity contribution is -0.301. The lowest BCUT2D eigenvalue weighted by Gasteiger charge is -2.40. The average Bonchev–Trinajstić information content (AvgIpc) is 3.39. The Morgan fingerprint density at radius 1 is 0.453 bits per heavy atom. The third-order valence-electron chi connectivity index (χ3n) is 13.6. The molecule has 432 valence electrons. The molecule has 6 atom stereocenters. The van der Waals surface area contributed by atoms with E-state index in [1.807, 2.05) is 0 Å². The van der Waals surface area contributed by atoms with Gasteiger partial charge >= 0.3 is 23.9 Å². The Kier molecular flexibility index (Phi) is 47.4. The number of aliphatic hydroxyl groups is 2. The molecule has 0 amide bonds. The van der Waals surface area contributed by atoms with Crippen molar-refractivity contribution >= 4 is 23.9 Å². The van der Waals surface area contributed by atoms with Crippen molar-refractivity contribution in [3.05, 3.63) is 60.8 Å². The van der Waals surface area contributed by atoms with E-state index in [0.717, 1.165) is 96.3 Å². The van der Waals surface area contributed by atoms with Gasteiger partial charge in [-0.1, -0.05) is 223 Å². The van der Waals surface area contributed by atoms with Crippen LogP contribution in [0.1, 0.15) is 265 Å². The molecule has 0 aromatic rings. The maximum absolute atomic E-state index is 13.1. The molecule has 6 unspecified atom stereocenters. The third kappa shape index (κ3) is 41.2. The first-order valence-electron chi connectivity index (χ1n) is 30.3. The van der Waals surface area contributed by atoms with E-state index in [1.165, 1.54) is 109 Å². The van der Waals surface area contributed by atoms with Gasteiger partial charge in [-0.05, 0) is 83.5 Å². The number of ether oxygens (including phenoxy) is 5. The van der Waals surface area contributed by atoms with Crippen molar-refractivity contribution in [1.29, 1.82) is 0 Å². The van der Waals surface area contributed by atoms with Gasteiger partial charge in [0.2, 0.25) is 0 Å². The summed E-state index contributed by atoms with van der Waals surface area (Å²) < 4.78 is 28.4. The number of esters is 3. The van der Waals surface area contributed by atoms with Gasteiger partial charge in [-0.2, -0.15) is 0 Å². The molecule has 1 aliphatic heterocycles. The van der Waals surface area contributed by atoms with Crippen molar-refractivity contribution in [3.63, 3.8) is 0 Å². The molecule has 12 heteroatoms. The van der Waals surface area contributed by atoms with Crippen molar-refractivity contribution in [2.45, 2.75) is 302 Å². The quantitative estimate of drug-likeness (QED) is 0.0228. The lowest BCUT2D eigenvalue weighted by atomic mass is 9.98. The SMILES string of the molecule is CC/C=C\C/C=C\C/C=C\C/C=C\CCCCCCC(=O)OC(COC(=O)CCCCCCCCCCC/C=C\CCCCCCCC)COC1OC(C(=O)O)C(O)C(O)C1OC(=O)CCCCCCCCCCC. The van der Waals surface area contributed by atoms with Crippen LogP contribution in [0.25, 0.3) is 0 Å². The highest BCUT2D eigenvalue weighted by atomic mass is 16.7. The highest BCUT2D eigenvalue weighted by Crippen LogP contribution is 2.26. The second-order valence-electron chi connectivity index (χ2n) is 20.6. The zero-order valence-corrected chi connectivity index (χ0v) is 47.5. The number of unbranched alkanes of at least 4 members (excludes halogenated alkanes) is 27. The maximum Gasteiger partial charge on any atom is 0.335 e. The highest BCUT2D eigenvalue weighted by molar-refractivity contribution is 5.74. The zero-order valence-electron chi connectivity index (χ0n) is 47.5. The Morgan fingerprint density at radius 2 is 0.840 bits per heavy atom. The number of aliphatic carboxylic acids is 1. The summed E-state index contributed by atoms with van der Waals surface area (Å²) in [6.45, 7) is 5.83. The molecule has 75 heavy (non-hydrogen) atoms. The first kappa shape index (κ1) is 69.4. The largest absolute Gasteiger partial charge is 0.479 e. The molecule has 0 bridgehead atoms. The summed E-state index contributed by atoms with van der Waals surface area (Å²) in [6.07, 6.45) is 50.6. The standard InChI is InChI=1S/C63H108O12/c1-4-7-10-13-16-19-21-23-25-27-28-30-31-33-35-38-40-43-46-49-55(64)71-52-54(73-56(65)50-47-44-42-39-36-34-32-29-26-24-22-20-17-14-11-8-5-2)53-72-63-61(59(68)58(67)60(75-63)62(69)70)74-57(66)51-48-45-41-37-18-15-12-9-6-3/h8,11,17,20,23-26,32,34,54,58-61,63,67-68H,4-7,9-10,12-16,18-19,21-22,27-31,33,35-53H2,1-3H3,(H,69,70)/b11-8-,20-17-,25-23-,26-24-,34-32-. The molecule has 1 saturated heterocycles. The van der Waals surface area contributed by atoms with Gasteiger partial charge in [0.25, 0.3) is 0 Å². The molecule has 1 heterocycles. The van der Waals surface area contributed by atoms with E-state index in [2.05, 4.69) is 81.5 Å². The number of hydrogen-bond donors (Lipinski definition) is 3. The van der Waals surface area contributed by atoms with Crippen molar-refractivity contribution in [3.8, 4) is 0 Å². The number of carbonyl (C=O) groups excluding carboxylic acids is 3. The van der Waals surface area contributed by atoms with E-state index in [1.54, 1.807) is 0 Å². The summed E-state index contributed by atoms with van der Waals surface area (Å²) in [5, 5.41) is 31.4. The Labute approximate surface area is 456 Å². The van der Waals surface area contributed by atoms with Crippen LogP contribution in [0.5, 0.6) is 0 Å². The summed E-state index contributed by atoms with van der Waals surface area (Å²) in [4.78, 5) is 51.1. The molecule has 0 aliphatic carbocycles. The Hall–Kier alpha value is -3.58. The number of hydrogen-bond acceptors (Lipinski definition) is 11. The molecule has 3 N–H and O–H groups in total. The Balaban J connectivity index is 2.66. The summed E-state index contributed by atoms with van der Waals surface area (Å²) in [5.74, 6) is -3.14. The molecule has 0 radical (unpaired) electrons. The average molecular weight is 1060 g/mol.